The number of carbonyl (C=O) groups is 2. The molecule has 0 amide bonds. The summed E-state index contributed by atoms with van der Waals surface area (Å²) in [6.45, 7) is 0. The Balaban J connectivity index is 2.83. The molecule has 1 saturated heterocycles. The Labute approximate surface area is 69.7 Å². The first-order chi connectivity index (χ1) is 5.83. The molecule has 0 aliphatic carbocycles. The first-order valence-electron chi connectivity index (χ1n) is 3.02. The zero-order valence-corrected chi connectivity index (χ0v) is 5.94. The maximum Gasteiger partial charge on any atom is 0.487 e. The maximum atomic E-state index is 12.2. The highest BCUT2D eigenvalue weighted by Gasteiger charge is 2.56. The second kappa shape index (κ2) is 2.89. The third kappa shape index (κ3) is 1.90. The van der Waals surface area contributed by atoms with Gasteiger partial charge in [0.05, 0.1) is 0 Å². The van der Waals surface area contributed by atoms with Crippen LogP contribution in [-0.4, -0.2) is 40.7 Å². The van der Waals surface area contributed by atoms with Gasteiger partial charge in [-0.15, -0.1) is 8.78 Å². The highest BCUT2D eigenvalue weighted by atomic mass is 19.3. The third-order valence-corrected chi connectivity index (χ3v) is 1.29. The van der Waals surface area contributed by atoms with Crippen LogP contribution in [-0.2, 0) is 19.1 Å². The molecule has 1 fully saturated rings. The largest absolute Gasteiger partial charge is 0.487 e. The second-order valence-electron chi connectivity index (χ2n) is 2.22. The lowest BCUT2D eigenvalue weighted by molar-refractivity contribution is -0.349. The van der Waals surface area contributed by atoms with Crippen molar-refractivity contribution in [1.82, 2.24) is 0 Å². The lowest BCUT2D eigenvalue weighted by atomic mass is 10.2. The number of ether oxygens (including phenoxy) is 2. The van der Waals surface area contributed by atoms with Crippen LogP contribution in [0.5, 0.6) is 0 Å². The third-order valence-electron chi connectivity index (χ3n) is 1.29. The number of hydrogen-bond acceptors (Lipinski definition) is 4. The summed E-state index contributed by atoms with van der Waals surface area (Å²) in [6.07, 6.45) is -8.54. The Morgan fingerprint density at radius 1 is 1.08 bits per heavy atom. The van der Waals surface area contributed by atoms with Gasteiger partial charge in [0.25, 0.3) is 0 Å². The van der Waals surface area contributed by atoms with E-state index in [0.29, 0.717) is 0 Å². The number of carboxylic acids is 2. The molecule has 1 heterocycles. The van der Waals surface area contributed by atoms with E-state index in [-0.39, 0.29) is 0 Å². The van der Waals surface area contributed by atoms with Crippen LogP contribution in [0.25, 0.3) is 0 Å². The zero-order chi connectivity index (χ0) is 10.2. The number of rotatable bonds is 2. The Hall–Kier alpha value is -1.28. The molecule has 2 N–H and O–H groups in total. The Morgan fingerprint density at radius 2 is 1.38 bits per heavy atom. The van der Waals surface area contributed by atoms with Crippen molar-refractivity contribution in [3.05, 3.63) is 0 Å². The Kier molecular flexibility index (Phi) is 2.18. The fourth-order valence-corrected chi connectivity index (χ4v) is 0.807. The zero-order valence-electron chi connectivity index (χ0n) is 5.94. The summed E-state index contributed by atoms with van der Waals surface area (Å²) < 4.78 is 31.5. The molecular formula is C5H4F2O6. The summed E-state index contributed by atoms with van der Waals surface area (Å²) >= 11 is 0. The molecular weight excluding hydrogens is 194 g/mol. The smallest absolute Gasteiger partial charge is 0.479 e. The van der Waals surface area contributed by atoms with Crippen LogP contribution in [0.15, 0.2) is 0 Å². The molecule has 13 heavy (non-hydrogen) atoms. The number of hydrogen-bond donors (Lipinski definition) is 2. The Bertz CT molecular complexity index is 227. The van der Waals surface area contributed by atoms with Gasteiger partial charge >= 0.3 is 18.2 Å². The molecule has 1 aliphatic rings. The molecule has 6 nitrogen and oxygen atoms in total. The van der Waals surface area contributed by atoms with Crippen LogP contribution < -0.4 is 0 Å². The predicted octanol–water partition coefficient (Wildman–Crippen LogP) is -0.510. The minimum absolute atomic E-state index is 1.82. The van der Waals surface area contributed by atoms with E-state index in [4.69, 9.17) is 10.2 Å². The van der Waals surface area contributed by atoms with Crippen LogP contribution >= 0.6 is 0 Å². The number of aliphatic carboxylic acids is 2. The van der Waals surface area contributed by atoms with Crippen LogP contribution in [0.4, 0.5) is 8.78 Å². The minimum Gasteiger partial charge on any atom is -0.479 e. The molecule has 0 aromatic carbocycles. The molecule has 0 bridgehead atoms. The first-order valence-corrected chi connectivity index (χ1v) is 3.02. The van der Waals surface area contributed by atoms with Crippen molar-refractivity contribution in [1.29, 1.82) is 0 Å². The molecule has 0 spiro atoms. The van der Waals surface area contributed by atoms with Gasteiger partial charge in [-0.25, -0.2) is 9.59 Å². The van der Waals surface area contributed by atoms with Crippen LogP contribution in [0, 0.1) is 0 Å². The fraction of sp³-hybridized carbons (Fsp3) is 0.600. The quantitative estimate of drug-likeness (QED) is 0.620. The molecule has 2 atom stereocenters. The van der Waals surface area contributed by atoms with Crippen LogP contribution in [0.3, 0.4) is 0 Å². The average molecular weight is 198 g/mol. The van der Waals surface area contributed by atoms with Gasteiger partial charge in [0.15, 0.2) is 0 Å². The van der Waals surface area contributed by atoms with E-state index in [1.165, 1.54) is 0 Å². The lowest BCUT2D eigenvalue weighted by Crippen LogP contribution is -2.36. The van der Waals surface area contributed by atoms with Gasteiger partial charge < -0.3 is 10.2 Å². The standard InChI is InChI=1S/C5H4F2O6/c6-5(7)12-1(3(8)9)2(13-5)4(10)11/h1-2H,(H,8,9)(H,10,11). The summed E-state index contributed by atoms with van der Waals surface area (Å²) in [4.78, 5) is 20.4. The minimum atomic E-state index is -4.16. The number of carboxylic acid groups (broad SMARTS) is 2. The maximum absolute atomic E-state index is 12.2. The van der Waals surface area contributed by atoms with Gasteiger partial charge in [-0.05, 0) is 0 Å². The van der Waals surface area contributed by atoms with Crippen molar-refractivity contribution in [3.63, 3.8) is 0 Å². The van der Waals surface area contributed by atoms with Crippen molar-refractivity contribution >= 4 is 11.9 Å². The van der Waals surface area contributed by atoms with Gasteiger partial charge in [0.1, 0.15) is 0 Å². The molecule has 1 aliphatic heterocycles. The predicted molar refractivity (Wildman–Crippen MR) is 30.0 cm³/mol. The summed E-state index contributed by atoms with van der Waals surface area (Å²) in [5.74, 6) is -3.63. The van der Waals surface area contributed by atoms with E-state index in [1.54, 1.807) is 0 Å². The monoisotopic (exact) mass is 198 g/mol. The van der Waals surface area contributed by atoms with Gasteiger partial charge in [-0.1, -0.05) is 0 Å². The van der Waals surface area contributed by atoms with Crippen molar-refractivity contribution < 1.29 is 38.1 Å². The van der Waals surface area contributed by atoms with Crippen molar-refractivity contribution in [2.24, 2.45) is 0 Å². The SMILES string of the molecule is O=C(O)C1OC(F)(F)OC1C(=O)O. The average Bonchev–Trinajstić information content (AvgIpc) is 2.26. The summed E-state index contributed by atoms with van der Waals surface area (Å²) in [5, 5.41) is 16.5. The Morgan fingerprint density at radius 3 is 1.62 bits per heavy atom. The van der Waals surface area contributed by atoms with Crippen LogP contribution in [0.2, 0.25) is 0 Å². The van der Waals surface area contributed by atoms with Crippen molar-refractivity contribution in [2.75, 3.05) is 0 Å². The van der Waals surface area contributed by atoms with E-state index in [9.17, 15) is 18.4 Å². The molecule has 0 aromatic heterocycles. The van der Waals surface area contributed by atoms with E-state index in [2.05, 4.69) is 9.47 Å². The van der Waals surface area contributed by atoms with Gasteiger partial charge in [0.2, 0.25) is 12.2 Å². The molecule has 0 aromatic rings. The van der Waals surface area contributed by atoms with Gasteiger partial charge in [-0.3, -0.25) is 9.47 Å². The summed E-state index contributed by atoms with van der Waals surface area (Å²) in [5.41, 5.74) is 0. The topological polar surface area (TPSA) is 93.1 Å². The van der Waals surface area contributed by atoms with E-state index in [0.717, 1.165) is 0 Å². The summed E-state index contributed by atoms with van der Waals surface area (Å²) in [7, 11) is 0. The van der Waals surface area contributed by atoms with Crippen molar-refractivity contribution in [3.8, 4) is 0 Å². The first kappa shape index (κ1) is 9.81. The molecule has 1 rings (SSSR count). The number of alkyl halides is 2. The molecule has 2 unspecified atom stereocenters. The van der Waals surface area contributed by atoms with Crippen molar-refractivity contribution in [2.45, 2.75) is 18.5 Å². The van der Waals surface area contributed by atoms with Gasteiger partial charge in [0, 0.05) is 0 Å². The highest BCUT2D eigenvalue weighted by Crippen LogP contribution is 2.31. The molecule has 8 heteroatoms. The highest BCUT2D eigenvalue weighted by molar-refractivity contribution is 5.84. The molecule has 74 valence electrons. The number of halogens is 2. The molecule has 0 radical (unpaired) electrons. The van der Waals surface area contributed by atoms with Gasteiger partial charge in [-0.2, -0.15) is 0 Å². The van der Waals surface area contributed by atoms with E-state index in [1.807, 2.05) is 0 Å². The van der Waals surface area contributed by atoms with E-state index >= 15 is 0 Å². The van der Waals surface area contributed by atoms with E-state index < -0.39 is 30.4 Å². The fourth-order valence-electron chi connectivity index (χ4n) is 0.807. The molecule has 0 saturated carbocycles. The summed E-state index contributed by atoms with van der Waals surface area (Å²) in [6, 6.07) is 0. The lowest BCUT2D eigenvalue weighted by Gasteiger charge is -2.05. The second-order valence-corrected chi connectivity index (χ2v) is 2.22. The normalized spacial score (nSPS) is 31.5. The van der Waals surface area contributed by atoms with Crippen LogP contribution in [0.1, 0.15) is 0 Å².